The molecule has 1 N–H and O–H groups in total. The van der Waals surface area contributed by atoms with Crippen LogP contribution in [0.25, 0.3) is 10.4 Å². The van der Waals surface area contributed by atoms with Gasteiger partial charge in [0, 0.05) is 26.1 Å². The third-order valence-corrected chi connectivity index (χ3v) is 7.57. The first-order valence-corrected chi connectivity index (χ1v) is 12.6. The number of benzene rings is 1. The van der Waals surface area contributed by atoms with E-state index in [-0.39, 0.29) is 23.6 Å². The summed E-state index contributed by atoms with van der Waals surface area (Å²) in [7, 11) is 0. The molecular weight excluding hydrogens is 436 g/mol. The number of aromatic nitrogens is 1. The third kappa shape index (κ3) is 4.95. The van der Waals surface area contributed by atoms with Crippen LogP contribution in [0.3, 0.4) is 0 Å². The second kappa shape index (κ2) is 10.0. The van der Waals surface area contributed by atoms with Crippen LogP contribution in [0.5, 0.6) is 0 Å². The van der Waals surface area contributed by atoms with E-state index in [1.807, 2.05) is 50.5 Å². The van der Waals surface area contributed by atoms with Crippen molar-refractivity contribution in [2.24, 2.45) is 5.92 Å². The Morgan fingerprint density at radius 2 is 1.94 bits per heavy atom. The normalized spacial score (nSPS) is 19.4. The Morgan fingerprint density at radius 1 is 1.18 bits per heavy atom. The van der Waals surface area contributed by atoms with Crippen LogP contribution in [-0.2, 0) is 20.9 Å². The average molecular weight is 469 g/mol. The van der Waals surface area contributed by atoms with E-state index in [1.165, 1.54) is 0 Å². The fourth-order valence-corrected chi connectivity index (χ4v) is 5.69. The minimum absolute atomic E-state index is 0.00422. The van der Waals surface area contributed by atoms with Gasteiger partial charge in [0.15, 0.2) is 0 Å². The number of hydrogen-bond donors (Lipinski definition) is 1. The fraction of sp³-hybridized carbons (Fsp3) is 0.520. The molecule has 2 aliphatic heterocycles. The predicted octanol–water partition coefficient (Wildman–Crippen LogP) is 3.37. The highest BCUT2D eigenvalue weighted by molar-refractivity contribution is 7.13. The molecule has 8 heteroatoms. The van der Waals surface area contributed by atoms with Crippen LogP contribution in [0.2, 0.25) is 0 Å². The second-order valence-corrected chi connectivity index (χ2v) is 10.1. The van der Waals surface area contributed by atoms with Crippen LogP contribution in [0.4, 0.5) is 0 Å². The van der Waals surface area contributed by atoms with Crippen molar-refractivity contribution < 1.29 is 14.4 Å². The number of carbonyl (C=O) groups excluding carboxylic acids is 3. The van der Waals surface area contributed by atoms with Crippen molar-refractivity contribution in [1.82, 2.24) is 20.1 Å². The Morgan fingerprint density at radius 3 is 2.55 bits per heavy atom. The highest BCUT2D eigenvalue weighted by Crippen LogP contribution is 2.28. The van der Waals surface area contributed by atoms with Crippen molar-refractivity contribution in [2.45, 2.75) is 65.1 Å². The minimum Gasteiger partial charge on any atom is -0.350 e. The first-order valence-electron chi connectivity index (χ1n) is 11.7. The largest absolute Gasteiger partial charge is 0.350 e. The monoisotopic (exact) mass is 468 g/mol. The quantitative estimate of drug-likeness (QED) is 0.675. The summed E-state index contributed by atoms with van der Waals surface area (Å²) in [6, 6.07) is 7.16. The summed E-state index contributed by atoms with van der Waals surface area (Å²) in [4.78, 5) is 47.6. The number of likely N-dealkylation sites (tertiary alicyclic amines) is 2. The molecule has 0 bridgehead atoms. The number of amides is 3. The van der Waals surface area contributed by atoms with Crippen molar-refractivity contribution in [2.75, 3.05) is 13.1 Å². The molecule has 7 nitrogen and oxygen atoms in total. The molecular formula is C25H32N4O3S. The van der Waals surface area contributed by atoms with Gasteiger partial charge in [-0.05, 0) is 43.2 Å². The molecule has 3 amide bonds. The summed E-state index contributed by atoms with van der Waals surface area (Å²) in [6.45, 7) is 7.53. The molecule has 1 aromatic carbocycles. The van der Waals surface area contributed by atoms with E-state index in [2.05, 4.69) is 10.3 Å². The average Bonchev–Trinajstić information content (AvgIpc) is 3.54. The molecule has 2 saturated heterocycles. The van der Waals surface area contributed by atoms with Gasteiger partial charge >= 0.3 is 0 Å². The van der Waals surface area contributed by atoms with Gasteiger partial charge in [0.2, 0.25) is 17.7 Å². The number of carbonyl (C=O) groups is 3. The number of rotatable bonds is 7. The Kier molecular flexibility index (Phi) is 7.12. The first-order chi connectivity index (χ1) is 15.9. The van der Waals surface area contributed by atoms with Crippen LogP contribution in [-0.4, -0.2) is 57.7 Å². The summed E-state index contributed by atoms with van der Waals surface area (Å²) < 4.78 is 0. The molecule has 0 spiro atoms. The van der Waals surface area contributed by atoms with Gasteiger partial charge in [0.25, 0.3) is 0 Å². The highest BCUT2D eigenvalue weighted by Gasteiger charge is 2.42. The van der Waals surface area contributed by atoms with E-state index in [4.69, 9.17) is 0 Å². The zero-order valence-electron chi connectivity index (χ0n) is 19.5. The lowest BCUT2D eigenvalue weighted by atomic mass is 10.0. The van der Waals surface area contributed by atoms with Crippen molar-refractivity contribution in [3.63, 3.8) is 0 Å². The van der Waals surface area contributed by atoms with E-state index in [9.17, 15) is 14.4 Å². The molecule has 2 fully saturated rings. The van der Waals surface area contributed by atoms with Crippen molar-refractivity contribution >= 4 is 29.1 Å². The van der Waals surface area contributed by atoms with Gasteiger partial charge in [-0.25, -0.2) is 4.98 Å². The SMILES string of the molecule is Cc1ncsc1-c1ccc(CNC(=O)C2CCCN2C(=O)C(C(C)C)N2CCCC2=O)cc1. The zero-order valence-corrected chi connectivity index (χ0v) is 20.4. The summed E-state index contributed by atoms with van der Waals surface area (Å²) in [5.74, 6) is -0.176. The Hall–Kier alpha value is -2.74. The first kappa shape index (κ1) is 23.4. The van der Waals surface area contributed by atoms with E-state index in [0.29, 0.717) is 32.5 Å². The Labute approximate surface area is 199 Å². The standard InChI is InChI=1S/C25H32N4O3S/c1-16(2)22(29-13-5-7-21(29)30)25(32)28-12-4-6-20(28)24(31)26-14-18-8-10-19(11-9-18)23-17(3)27-15-33-23/h8-11,15-16,20,22H,4-7,12-14H2,1-3H3,(H,26,31). The summed E-state index contributed by atoms with van der Waals surface area (Å²) in [5, 5.41) is 3.01. The van der Waals surface area contributed by atoms with Gasteiger partial charge in [0.1, 0.15) is 12.1 Å². The molecule has 33 heavy (non-hydrogen) atoms. The van der Waals surface area contributed by atoms with Crippen LogP contribution >= 0.6 is 11.3 Å². The van der Waals surface area contributed by atoms with Gasteiger partial charge < -0.3 is 15.1 Å². The van der Waals surface area contributed by atoms with E-state index >= 15 is 0 Å². The molecule has 2 aliphatic rings. The van der Waals surface area contributed by atoms with E-state index in [1.54, 1.807) is 21.1 Å². The van der Waals surface area contributed by atoms with Gasteiger partial charge in [-0.15, -0.1) is 11.3 Å². The lowest BCUT2D eigenvalue weighted by molar-refractivity contribution is -0.148. The maximum absolute atomic E-state index is 13.4. The molecule has 4 rings (SSSR count). The van der Waals surface area contributed by atoms with Crippen LogP contribution in [0.1, 0.15) is 50.8 Å². The molecule has 0 aliphatic carbocycles. The number of nitrogens with one attached hydrogen (secondary N) is 1. The fourth-order valence-electron chi connectivity index (χ4n) is 4.87. The molecule has 0 saturated carbocycles. The molecule has 176 valence electrons. The van der Waals surface area contributed by atoms with Gasteiger partial charge in [-0.1, -0.05) is 38.1 Å². The van der Waals surface area contributed by atoms with E-state index in [0.717, 1.165) is 34.5 Å². The number of thiazole rings is 1. The topological polar surface area (TPSA) is 82.6 Å². The number of aryl methyl sites for hydroxylation is 1. The summed E-state index contributed by atoms with van der Waals surface area (Å²) in [6.07, 6.45) is 2.74. The van der Waals surface area contributed by atoms with Crippen LogP contribution < -0.4 is 5.32 Å². The predicted molar refractivity (Wildman–Crippen MR) is 128 cm³/mol. The van der Waals surface area contributed by atoms with Crippen LogP contribution in [0.15, 0.2) is 29.8 Å². The molecule has 2 unspecified atom stereocenters. The molecule has 1 aromatic heterocycles. The van der Waals surface area contributed by atoms with Crippen molar-refractivity contribution in [3.05, 3.63) is 41.0 Å². The maximum Gasteiger partial charge on any atom is 0.246 e. The van der Waals surface area contributed by atoms with Crippen molar-refractivity contribution in [3.8, 4) is 10.4 Å². The third-order valence-electron chi connectivity index (χ3n) is 6.60. The van der Waals surface area contributed by atoms with Gasteiger partial charge in [-0.3, -0.25) is 14.4 Å². The second-order valence-electron chi connectivity index (χ2n) is 9.25. The van der Waals surface area contributed by atoms with E-state index < -0.39 is 12.1 Å². The zero-order chi connectivity index (χ0) is 23.5. The number of hydrogen-bond acceptors (Lipinski definition) is 5. The van der Waals surface area contributed by atoms with Gasteiger partial charge in [-0.2, -0.15) is 0 Å². The highest BCUT2D eigenvalue weighted by atomic mass is 32.1. The lowest BCUT2D eigenvalue weighted by Crippen LogP contribution is -2.55. The molecule has 2 aromatic rings. The van der Waals surface area contributed by atoms with Crippen molar-refractivity contribution in [1.29, 1.82) is 0 Å². The van der Waals surface area contributed by atoms with Crippen LogP contribution in [0, 0.1) is 12.8 Å². The smallest absolute Gasteiger partial charge is 0.246 e. The molecule has 0 radical (unpaired) electrons. The Balaban J connectivity index is 1.39. The summed E-state index contributed by atoms with van der Waals surface area (Å²) >= 11 is 1.62. The number of nitrogens with zero attached hydrogens (tertiary/aromatic N) is 3. The maximum atomic E-state index is 13.4. The summed E-state index contributed by atoms with van der Waals surface area (Å²) in [5.41, 5.74) is 4.99. The lowest BCUT2D eigenvalue weighted by Gasteiger charge is -2.35. The molecule has 2 atom stereocenters. The Bertz CT molecular complexity index is 1020. The van der Waals surface area contributed by atoms with Gasteiger partial charge in [0.05, 0.1) is 16.1 Å². The minimum atomic E-state index is -0.490. The molecule has 3 heterocycles.